The van der Waals surface area contributed by atoms with Crippen LogP contribution in [0.1, 0.15) is 61.6 Å². The molecular weight excluding hydrogens is 761 g/mol. The highest BCUT2D eigenvalue weighted by molar-refractivity contribution is 6.31. The number of amides is 7. The summed E-state index contributed by atoms with van der Waals surface area (Å²) in [4.78, 5) is 80.3. The fourth-order valence-corrected chi connectivity index (χ4v) is 6.27. The van der Waals surface area contributed by atoms with Gasteiger partial charge in [-0.3, -0.25) is 39.2 Å². The van der Waals surface area contributed by atoms with Crippen molar-refractivity contribution >= 4 is 58.5 Å². The SMILES string of the molecule is O=C1CCC(N2C(=O)c3cccc(CCCOCCNC(=O)c4cc(Oc5ccc(NC(=O)Nc6ccc(Cl)c(C(F)(F)F)c6)cc5)ccn4)c3C2=O)C(=O)N1. The fourth-order valence-electron chi connectivity index (χ4n) is 6.04. The van der Waals surface area contributed by atoms with Gasteiger partial charge in [-0.15, -0.1) is 0 Å². The smallest absolute Gasteiger partial charge is 0.417 e. The monoisotopic (exact) mass is 792 g/mol. The number of hydrogen-bond donors (Lipinski definition) is 4. The van der Waals surface area contributed by atoms with Gasteiger partial charge in [0, 0.05) is 43.2 Å². The van der Waals surface area contributed by atoms with Crippen molar-refractivity contribution < 1.29 is 51.4 Å². The number of carbonyl (C=O) groups is 6. The largest absolute Gasteiger partial charge is 0.457 e. The molecule has 1 fully saturated rings. The highest BCUT2D eigenvalue weighted by atomic mass is 35.5. The van der Waals surface area contributed by atoms with Gasteiger partial charge in [-0.2, -0.15) is 13.2 Å². The normalized spacial score (nSPS) is 15.3. The van der Waals surface area contributed by atoms with Crippen LogP contribution in [0.5, 0.6) is 11.5 Å². The van der Waals surface area contributed by atoms with Crippen molar-refractivity contribution in [1.82, 2.24) is 20.5 Å². The molecule has 6 rings (SSSR count). The lowest BCUT2D eigenvalue weighted by molar-refractivity contribution is -0.138. The van der Waals surface area contributed by atoms with Gasteiger partial charge in [-0.1, -0.05) is 23.7 Å². The highest BCUT2D eigenvalue weighted by Gasteiger charge is 2.45. The zero-order valence-corrected chi connectivity index (χ0v) is 30.0. The van der Waals surface area contributed by atoms with Crippen LogP contribution in [-0.2, 0) is 26.9 Å². The first-order chi connectivity index (χ1) is 26.8. The molecule has 4 N–H and O–H groups in total. The number of imide groups is 2. The first-order valence-electron chi connectivity index (χ1n) is 17.2. The average Bonchev–Trinajstić information content (AvgIpc) is 3.41. The number of aromatic nitrogens is 1. The van der Waals surface area contributed by atoms with Crippen molar-refractivity contribution in [1.29, 1.82) is 0 Å². The van der Waals surface area contributed by atoms with E-state index in [1.54, 1.807) is 18.2 Å². The standard InChI is InChI=1S/C38H32ClF3N6O8/c39-28-11-8-23(19-27(28)38(40,41)42)46-37(54)45-22-6-9-24(10-7-22)56-25-14-15-43-29(20-25)33(50)44-16-18-55-17-2-4-21-3-1-5-26-32(21)36(53)48(35(26)52)30-12-13-31(49)47-34(30)51/h1,3,5-11,14-15,19-20,30H,2,4,12-13,16-18H2,(H,44,50)(H2,45,46,54)(H,47,49,51). The third kappa shape index (κ3) is 9.30. The van der Waals surface area contributed by atoms with Crippen LogP contribution in [-0.4, -0.2) is 71.3 Å². The lowest BCUT2D eigenvalue weighted by Crippen LogP contribution is -2.54. The lowest BCUT2D eigenvalue weighted by Gasteiger charge is -2.27. The number of carbonyl (C=O) groups excluding carboxylic acids is 6. The molecule has 4 aromatic rings. The van der Waals surface area contributed by atoms with Crippen molar-refractivity contribution in [3.8, 4) is 11.5 Å². The summed E-state index contributed by atoms with van der Waals surface area (Å²) in [6.07, 6.45) is -2.26. The molecule has 7 amide bonds. The molecule has 0 bridgehead atoms. The summed E-state index contributed by atoms with van der Waals surface area (Å²) in [7, 11) is 0. The minimum absolute atomic E-state index is 0.0333. The first kappa shape index (κ1) is 39.4. The van der Waals surface area contributed by atoms with Crippen LogP contribution >= 0.6 is 11.6 Å². The Hall–Kier alpha value is -6.33. The van der Waals surface area contributed by atoms with Gasteiger partial charge < -0.3 is 25.4 Å². The Balaban J connectivity index is 0.917. The molecule has 0 radical (unpaired) electrons. The highest BCUT2D eigenvalue weighted by Crippen LogP contribution is 2.36. The number of urea groups is 1. The molecule has 0 aliphatic carbocycles. The van der Waals surface area contributed by atoms with E-state index in [1.165, 1.54) is 48.7 Å². The Labute approximate surface area is 321 Å². The Morgan fingerprint density at radius 2 is 1.66 bits per heavy atom. The summed E-state index contributed by atoms with van der Waals surface area (Å²) in [6.45, 7) is 0.649. The van der Waals surface area contributed by atoms with E-state index in [1.807, 2.05) is 0 Å². The molecule has 1 saturated heterocycles. The number of ether oxygens (including phenoxy) is 2. The molecule has 290 valence electrons. The van der Waals surface area contributed by atoms with E-state index in [9.17, 15) is 41.9 Å². The van der Waals surface area contributed by atoms with Gasteiger partial charge in [-0.05, 0) is 79.4 Å². The molecule has 1 atom stereocenters. The van der Waals surface area contributed by atoms with Gasteiger partial charge in [0.05, 0.1) is 28.3 Å². The number of rotatable bonds is 13. The molecule has 3 aromatic carbocycles. The van der Waals surface area contributed by atoms with Crippen LogP contribution in [0.4, 0.5) is 29.3 Å². The summed E-state index contributed by atoms with van der Waals surface area (Å²) in [5.41, 5.74) is 0.320. The number of benzene rings is 3. The van der Waals surface area contributed by atoms with Crippen molar-refractivity contribution in [2.75, 3.05) is 30.4 Å². The van der Waals surface area contributed by atoms with E-state index in [0.717, 1.165) is 17.0 Å². The third-order valence-corrected chi connectivity index (χ3v) is 8.99. The molecule has 2 aliphatic rings. The number of nitrogens with zero attached hydrogens (tertiary/aromatic N) is 2. The van der Waals surface area contributed by atoms with Crippen molar-refractivity contribution in [2.24, 2.45) is 0 Å². The number of nitrogens with one attached hydrogen (secondary N) is 4. The second-order valence-electron chi connectivity index (χ2n) is 12.5. The zero-order valence-electron chi connectivity index (χ0n) is 29.2. The maximum Gasteiger partial charge on any atom is 0.417 e. The number of pyridine rings is 1. The number of aryl methyl sites for hydroxylation is 1. The molecule has 2 aliphatic heterocycles. The van der Waals surface area contributed by atoms with Gasteiger partial charge in [-0.25, -0.2) is 4.79 Å². The van der Waals surface area contributed by atoms with Crippen LogP contribution < -0.4 is 26.0 Å². The van der Waals surface area contributed by atoms with E-state index >= 15 is 0 Å². The summed E-state index contributed by atoms with van der Waals surface area (Å²) in [5.74, 6) is -2.07. The maximum absolute atomic E-state index is 13.3. The van der Waals surface area contributed by atoms with E-state index < -0.39 is 58.4 Å². The van der Waals surface area contributed by atoms with Crippen LogP contribution in [0, 0.1) is 0 Å². The van der Waals surface area contributed by atoms with Crippen LogP contribution in [0.2, 0.25) is 5.02 Å². The number of piperidine rings is 1. The predicted octanol–water partition coefficient (Wildman–Crippen LogP) is 5.97. The molecule has 14 nitrogen and oxygen atoms in total. The van der Waals surface area contributed by atoms with Crippen LogP contribution in [0.25, 0.3) is 0 Å². The molecule has 0 spiro atoms. The van der Waals surface area contributed by atoms with Gasteiger partial charge in [0.25, 0.3) is 17.7 Å². The van der Waals surface area contributed by atoms with Crippen LogP contribution in [0.3, 0.4) is 0 Å². The second-order valence-corrected chi connectivity index (χ2v) is 12.9. The van der Waals surface area contributed by atoms with Crippen molar-refractivity contribution in [3.05, 3.63) is 112 Å². The Morgan fingerprint density at radius 1 is 0.911 bits per heavy atom. The fraction of sp³-hybridized carbons (Fsp3) is 0.237. The quantitative estimate of drug-likeness (QED) is 0.0936. The molecule has 0 saturated carbocycles. The van der Waals surface area contributed by atoms with E-state index in [2.05, 4.69) is 26.3 Å². The summed E-state index contributed by atoms with van der Waals surface area (Å²) in [6, 6.07) is 15.2. The Kier molecular flexibility index (Phi) is 11.9. The summed E-state index contributed by atoms with van der Waals surface area (Å²) in [5, 5.41) is 9.24. The molecule has 1 unspecified atom stereocenters. The second kappa shape index (κ2) is 17.0. The predicted molar refractivity (Wildman–Crippen MR) is 194 cm³/mol. The third-order valence-electron chi connectivity index (χ3n) is 8.66. The number of alkyl halides is 3. The molecule has 1 aromatic heterocycles. The van der Waals surface area contributed by atoms with Gasteiger partial charge in [0.15, 0.2) is 0 Å². The Morgan fingerprint density at radius 3 is 2.41 bits per heavy atom. The summed E-state index contributed by atoms with van der Waals surface area (Å²) < 4.78 is 50.8. The maximum atomic E-state index is 13.3. The van der Waals surface area contributed by atoms with Gasteiger partial charge in [0.1, 0.15) is 23.2 Å². The van der Waals surface area contributed by atoms with E-state index in [-0.39, 0.29) is 48.5 Å². The van der Waals surface area contributed by atoms with Gasteiger partial charge in [0.2, 0.25) is 11.8 Å². The topological polar surface area (TPSA) is 185 Å². The van der Waals surface area contributed by atoms with Crippen molar-refractivity contribution in [2.45, 2.75) is 37.9 Å². The molecule has 18 heteroatoms. The van der Waals surface area contributed by atoms with Crippen LogP contribution in [0.15, 0.2) is 79.0 Å². The van der Waals surface area contributed by atoms with E-state index in [0.29, 0.717) is 42.2 Å². The first-order valence-corrected chi connectivity index (χ1v) is 17.5. The summed E-state index contributed by atoms with van der Waals surface area (Å²) >= 11 is 5.62. The average molecular weight is 793 g/mol. The molecule has 3 heterocycles. The van der Waals surface area contributed by atoms with Crippen molar-refractivity contribution in [3.63, 3.8) is 0 Å². The van der Waals surface area contributed by atoms with E-state index in [4.69, 9.17) is 21.1 Å². The number of fused-ring (bicyclic) bond motifs is 1. The number of hydrogen-bond acceptors (Lipinski definition) is 9. The Bertz CT molecular complexity index is 2200. The zero-order chi connectivity index (χ0) is 40.0. The molecule has 56 heavy (non-hydrogen) atoms. The number of anilines is 2. The number of halogens is 4. The molecular formula is C38H32ClF3N6O8. The lowest BCUT2D eigenvalue weighted by atomic mass is 9.99. The minimum Gasteiger partial charge on any atom is -0.457 e. The minimum atomic E-state index is -4.69. The van der Waals surface area contributed by atoms with Gasteiger partial charge >= 0.3 is 12.2 Å².